The Hall–Kier alpha value is -0.510. The fourth-order valence-corrected chi connectivity index (χ4v) is 2.71. The van der Waals surface area contributed by atoms with Gasteiger partial charge in [-0.25, -0.2) is 0 Å². The minimum absolute atomic E-state index is 0.0143. The number of unbranched alkanes of at least 4 members (excludes halogenated alkanes) is 4. The number of nitrogens with zero attached hydrogens (tertiary/aromatic N) is 1. The van der Waals surface area contributed by atoms with E-state index in [1.807, 2.05) is 0 Å². The zero-order valence-electron chi connectivity index (χ0n) is 10.8. The zero-order chi connectivity index (χ0) is 11.9. The molecule has 1 fully saturated rings. The van der Waals surface area contributed by atoms with Crippen molar-refractivity contribution in [1.29, 1.82) is 5.26 Å². The first kappa shape index (κ1) is 13.6. The van der Waals surface area contributed by atoms with Crippen molar-refractivity contribution < 1.29 is 0 Å². The molecule has 0 aromatic rings. The van der Waals surface area contributed by atoms with Gasteiger partial charge >= 0.3 is 0 Å². The lowest BCUT2D eigenvalue weighted by atomic mass is 9.69. The molecule has 1 saturated carbocycles. The monoisotopic (exact) mass is 220 g/mol. The largest absolute Gasteiger partial charge is 0.198 e. The minimum atomic E-state index is 0.0143. The molecule has 0 aromatic heterocycles. The van der Waals surface area contributed by atoms with Crippen molar-refractivity contribution in [3.05, 3.63) is 6.92 Å². The van der Waals surface area contributed by atoms with Crippen molar-refractivity contribution in [2.24, 2.45) is 11.3 Å². The lowest BCUT2D eigenvalue weighted by Crippen LogP contribution is -2.25. The van der Waals surface area contributed by atoms with Gasteiger partial charge < -0.3 is 0 Å². The molecule has 0 aromatic carbocycles. The fraction of sp³-hybridized carbons (Fsp3) is 0.867. The van der Waals surface area contributed by atoms with Crippen LogP contribution in [-0.2, 0) is 0 Å². The normalized spacial score (nSPS) is 29.9. The molecule has 1 radical (unpaired) electrons. The minimum Gasteiger partial charge on any atom is -0.198 e. The van der Waals surface area contributed by atoms with E-state index >= 15 is 0 Å². The molecule has 0 spiro atoms. The summed E-state index contributed by atoms with van der Waals surface area (Å²) in [6, 6.07) is 2.60. The highest BCUT2D eigenvalue weighted by Gasteiger charge is 2.33. The summed E-state index contributed by atoms with van der Waals surface area (Å²) in [5.74, 6) is 0.599. The van der Waals surface area contributed by atoms with Gasteiger partial charge in [0.15, 0.2) is 0 Å². The van der Waals surface area contributed by atoms with Crippen LogP contribution in [0.3, 0.4) is 0 Å². The van der Waals surface area contributed by atoms with E-state index in [2.05, 4.69) is 19.9 Å². The van der Waals surface area contributed by atoms with E-state index in [1.54, 1.807) is 0 Å². The zero-order valence-corrected chi connectivity index (χ0v) is 10.8. The molecule has 0 N–H and O–H groups in total. The maximum atomic E-state index is 9.36. The average Bonchev–Trinajstić information content (AvgIpc) is 2.32. The van der Waals surface area contributed by atoms with E-state index in [9.17, 15) is 5.26 Å². The van der Waals surface area contributed by atoms with Crippen LogP contribution in [0.15, 0.2) is 0 Å². The number of nitriles is 1. The first-order valence-electron chi connectivity index (χ1n) is 6.97. The third-order valence-corrected chi connectivity index (χ3v) is 4.06. The molecule has 0 unspecified atom stereocenters. The van der Waals surface area contributed by atoms with Gasteiger partial charge in [0.05, 0.1) is 11.5 Å². The van der Waals surface area contributed by atoms with Gasteiger partial charge in [0.2, 0.25) is 0 Å². The molecular weight excluding hydrogens is 194 g/mol. The van der Waals surface area contributed by atoms with Crippen LogP contribution in [0, 0.1) is 29.6 Å². The predicted molar refractivity (Wildman–Crippen MR) is 68.7 cm³/mol. The number of rotatable bonds is 6. The van der Waals surface area contributed by atoms with Gasteiger partial charge in [0.1, 0.15) is 0 Å². The summed E-state index contributed by atoms with van der Waals surface area (Å²) < 4.78 is 0. The van der Waals surface area contributed by atoms with Gasteiger partial charge in [-0.1, -0.05) is 46.0 Å². The van der Waals surface area contributed by atoms with Gasteiger partial charge in [-0.2, -0.15) is 5.26 Å². The van der Waals surface area contributed by atoms with E-state index in [0.717, 1.165) is 32.1 Å². The summed E-state index contributed by atoms with van der Waals surface area (Å²) in [4.78, 5) is 0. The molecule has 0 aliphatic heterocycles. The van der Waals surface area contributed by atoms with E-state index in [-0.39, 0.29) is 5.41 Å². The quantitative estimate of drug-likeness (QED) is 0.585. The lowest BCUT2D eigenvalue weighted by Gasteiger charge is -2.33. The Bertz CT molecular complexity index is 218. The van der Waals surface area contributed by atoms with Crippen molar-refractivity contribution in [1.82, 2.24) is 0 Å². The topological polar surface area (TPSA) is 23.8 Å². The highest BCUT2D eigenvalue weighted by atomic mass is 14.4. The maximum Gasteiger partial charge on any atom is 0.0689 e. The summed E-state index contributed by atoms with van der Waals surface area (Å²) in [7, 11) is 0. The molecule has 1 nitrogen and oxygen atoms in total. The van der Waals surface area contributed by atoms with Crippen molar-refractivity contribution in [2.45, 2.75) is 71.1 Å². The Labute approximate surface area is 101 Å². The molecule has 0 bridgehead atoms. The van der Waals surface area contributed by atoms with Crippen molar-refractivity contribution in [3.63, 3.8) is 0 Å². The molecule has 16 heavy (non-hydrogen) atoms. The third kappa shape index (κ3) is 4.16. The Morgan fingerprint density at radius 1 is 1.19 bits per heavy atom. The second kappa shape index (κ2) is 6.94. The molecule has 1 heteroatoms. The van der Waals surface area contributed by atoms with Crippen LogP contribution in [0.5, 0.6) is 0 Å². The number of hydrogen-bond acceptors (Lipinski definition) is 1. The molecule has 91 valence electrons. The highest BCUT2D eigenvalue weighted by molar-refractivity contribution is 5.01. The van der Waals surface area contributed by atoms with Gasteiger partial charge in [0, 0.05) is 0 Å². The van der Waals surface area contributed by atoms with Gasteiger partial charge in [-0.3, -0.25) is 0 Å². The summed E-state index contributed by atoms with van der Waals surface area (Å²) >= 11 is 0. The SMILES string of the molecule is [CH2]C1CCC(C#N)(CCCCCCC)CC1. The van der Waals surface area contributed by atoms with Gasteiger partial charge in [-0.15, -0.1) is 0 Å². The van der Waals surface area contributed by atoms with Crippen LogP contribution in [0.1, 0.15) is 71.1 Å². The molecule has 1 rings (SSSR count). The highest BCUT2D eigenvalue weighted by Crippen LogP contribution is 2.42. The van der Waals surface area contributed by atoms with Crippen LogP contribution >= 0.6 is 0 Å². The van der Waals surface area contributed by atoms with Crippen LogP contribution in [-0.4, -0.2) is 0 Å². The van der Waals surface area contributed by atoms with Gasteiger partial charge in [-0.05, 0) is 38.0 Å². The molecule has 0 amide bonds. The summed E-state index contributed by atoms with van der Waals surface area (Å²) in [6.07, 6.45) is 12.2. The molecule has 1 aliphatic carbocycles. The standard InChI is InChI=1S/C15H26N/c1-3-4-5-6-7-10-15(13-16)11-8-14(2)9-12-15/h14H,2-12H2,1H3. The lowest BCUT2D eigenvalue weighted by molar-refractivity contribution is 0.212. The Morgan fingerprint density at radius 2 is 1.81 bits per heavy atom. The fourth-order valence-electron chi connectivity index (χ4n) is 2.71. The first-order chi connectivity index (χ1) is 7.72. The molecular formula is C15H26N. The second-order valence-electron chi connectivity index (χ2n) is 5.50. The predicted octanol–water partition coefficient (Wildman–Crippen LogP) is 4.88. The van der Waals surface area contributed by atoms with E-state index < -0.39 is 0 Å². The van der Waals surface area contributed by atoms with E-state index in [0.29, 0.717) is 5.92 Å². The Kier molecular flexibility index (Phi) is 5.88. The summed E-state index contributed by atoms with van der Waals surface area (Å²) in [5, 5.41) is 9.36. The van der Waals surface area contributed by atoms with Crippen molar-refractivity contribution in [3.8, 4) is 6.07 Å². The van der Waals surface area contributed by atoms with Crippen molar-refractivity contribution in [2.75, 3.05) is 0 Å². The molecule has 0 saturated heterocycles. The summed E-state index contributed by atoms with van der Waals surface area (Å²) in [5.41, 5.74) is 0.0143. The number of hydrogen-bond donors (Lipinski definition) is 0. The third-order valence-electron chi connectivity index (χ3n) is 4.06. The Morgan fingerprint density at radius 3 is 2.38 bits per heavy atom. The van der Waals surface area contributed by atoms with E-state index in [1.165, 1.54) is 32.1 Å². The van der Waals surface area contributed by atoms with Crippen molar-refractivity contribution >= 4 is 0 Å². The smallest absolute Gasteiger partial charge is 0.0689 e. The van der Waals surface area contributed by atoms with Crippen LogP contribution in [0.4, 0.5) is 0 Å². The molecule has 1 aliphatic rings. The van der Waals surface area contributed by atoms with Gasteiger partial charge in [0.25, 0.3) is 0 Å². The summed E-state index contributed by atoms with van der Waals surface area (Å²) in [6.45, 7) is 6.35. The van der Waals surface area contributed by atoms with Crippen LogP contribution in [0.25, 0.3) is 0 Å². The van der Waals surface area contributed by atoms with Crippen LogP contribution in [0.2, 0.25) is 0 Å². The molecule has 0 atom stereocenters. The first-order valence-corrected chi connectivity index (χ1v) is 6.97. The Balaban J connectivity index is 2.24. The van der Waals surface area contributed by atoms with Crippen LogP contribution < -0.4 is 0 Å². The van der Waals surface area contributed by atoms with E-state index in [4.69, 9.17) is 0 Å². The average molecular weight is 220 g/mol. The second-order valence-corrected chi connectivity index (χ2v) is 5.50. The maximum absolute atomic E-state index is 9.36. The molecule has 0 heterocycles.